The van der Waals surface area contributed by atoms with Crippen LogP contribution >= 0.6 is 12.2 Å². The van der Waals surface area contributed by atoms with Gasteiger partial charge >= 0.3 is 0 Å². The van der Waals surface area contributed by atoms with Crippen molar-refractivity contribution in [2.24, 2.45) is 11.7 Å². The summed E-state index contributed by atoms with van der Waals surface area (Å²) in [6, 6.07) is 0.926. The summed E-state index contributed by atoms with van der Waals surface area (Å²) >= 11 is 4.86. The lowest BCUT2D eigenvalue weighted by Gasteiger charge is -2.15. The maximum Gasteiger partial charge on any atom is 0.258 e. The van der Waals surface area contributed by atoms with E-state index in [1.165, 1.54) is 12.3 Å². The van der Waals surface area contributed by atoms with E-state index in [9.17, 15) is 8.42 Å². The normalized spacial score (nSPS) is 18.2. The first kappa shape index (κ1) is 11.5. The van der Waals surface area contributed by atoms with Gasteiger partial charge in [-0.2, -0.15) is 9.82 Å². The highest BCUT2D eigenvalue weighted by molar-refractivity contribution is 7.89. The van der Waals surface area contributed by atoms with Crippen LogP contribution in [0.25, 0.3) is 0 Å². The van der Waals surface area contributed by atoms with Crippen molar-refractivity contribution in [1.82, 2.24) is 14.9 Å². The van der Waals surface area contributed by atoms with Gasteiger partial charge in [-0.15, -0.1) is 0 Å². The zero-order valence-electron chi connectivity index (χ0n) is 8.38. The summed E-state index contributed by atoms with van der Waals surface area (Å²) in [7, 11) is -3.60. The smallest absolute Gasteiger partial charge is 0.258 e. The van der Waals surface area contributed by atoms with Crippen molar-refractivity contribution in [2.75, 3.05) is 0 Å². The predicted molar refractivity (Wildman–Crippen MR) is 62.2 cm³/mol. The molecule has 1 aliphatic rings. The summed E-state index contributed by atoms with van der Waals surface area (Å²) in [4.78, 5) is 0.186. The molecule has 1 aromatic heterocycles. The molecule has 88 valence electrons. The molecule has 0 saturated heterocycles. The van der Waals surface area contributed by atoms with Crippen LogP contribution in [-0.2, 0) is 10.0 Å². The second kappa shape index (κ2) is 4.11. The Balaban J connectivity index is 2.16. The molecule has 1 fully saturated rings. The lowest BCUT2D eigenvalue weighted by molar-refractivity contribution is 0.561. The molecule has 2 rings (SSSR count). The molecular weight excluding hydrogens is 248 g/mol. The summed E-state index contributed by atoms with van der Waals surface area (Å²) in [6.07, 6.45) is 3.28. The Labute approximate surface area is 98.7 Å². The fourth-order valence-corrected chi connectivity index (χ4v) is 2.96. The Kier molecular flexibility index (Phi) is 2.96. The molecule has 1 aromatic rings. The van der Waals surface area contributed by atoms with Crippen molar-refractivity contribution in [3.8, 4) is 0 Å². The Morgan fingerprint density at radius 1 is 1.69 bits per heavy atom. The van der Waals surface area contributed by atoms with E-state index in [4.69, 9.17) is 18.0 Å². The summed E-state index contributed by atoms with van der Waals surface area (Å²) in [5, 5.41) is 6.01. The standard InChI is InChI=1S/C8H12N4O2S2/c9-8(15)7(5-1-2-5)12-16(13,14)6-3-4-10-11-6/h3-5,7,12H,1-2H2,(H2,9,15)(H,10,11). The Morgan fingerprint density at radius 3 is 2.81 bits per heavy atom. The largest absolute Gasteiger partial charge is 0.392 e. The summed E-state index contributed by atoms with van der Waals surface area (Å²) < 4.78 is 26.2. The lowest BCUT2D eigenvalue weighted by atomic mass is 10.2. The van der Waals surface area contributed by atoms with Crippen LogP contribution in [0.15, 0.2) is 17.3 Å². The highest BCUT2D eigenvalue weighted by Gasteiger charge is 2.36. The van der Waals surface area contributed by atoms with Crippen LogP contribution in [0.2, 0.25) is 0 Å². The van der Waals surface area contributed by atoms with E-state index in [1.807, 2.05) is 0 Å². The van der Waals surface area contributed by atoms with Gasteiger partial charge in [-0.05, 0) is 24.8 Å². The SMILES string of the molecule is NC(=S)C(NS(=O)(=O)c1ccn[nH]1)C1CC1. The summed E-state index contributed by atoms with van der Waals surface area (Å²) in [5.74, 6) is 0.232. The molecule has 1 unspecified atom stereocenters. The molecule has 1 atom stereocenters. The minimum atomic E-state index is -3.60. The van der Waals surface area contributed by atoms with Crippen LogP contribution in [0, 0.1) is 5.92 Å². The number of sulfonamides is 1. The minimum absolute atomic E-state index is 0.0226. The minimum Gasteiger partial charge on any atom is -0.392 e. The van der Waals surface area contributed by atoms with Gasteiger partial charge in [-0.3, -0.25) is 5.10 Å². The summed E-state index contributed by atoms with van der Waals surface area (Å²) in [5.41, 5.74) is 5.52. The Hall–Kier alpha value is -0.990. The van der Waals surface area contributed by atoms with Crippen molar-refractivity contribution >= 4 is 27.2 Å². The van der Waals surface area contributed by atoms with Crippen LogP contribution < -0.4 is 10.5 Å². The molecular formula is C8H12N4O2S2. The van der Waals surface area contributed by atoms with Gasteiger partial charge in [0, 0.05) is 0 Å². The molecule has 6 nitrogen and oxygen atoms in total. The molecule has 8 heteroatoms. The van der Waals surface area contributed by atoms with Gasteiger partial charge in [-0.1, -0.05) is 12.2 Å². The molecule has 0 aliphatic heterocycles. The fourth-order valence-electron chi connectivity index (χ4n) is 1.44. The van der Waals surface area contributed by atoms with Gasteiger partial charge in [0.15, 0.2) is 5.03 Å². The maximum absolute atomic E-state index is 11.8. The van der Waals surface area contributed by atoms with Gasteiger partial charge in [0.25, 0.3) is 10.0 Å². The van der Waals surface area contributed by atoms with Gasteiger partial charge in [0.2, 0.25) is 0 Å². The first-order valence-corrected chi connectivity index (χ1v) is 6.71. The van der Waals surface area contributed by atoms with E-state index in [1.54, 1.807) is 0 Å². The van der Waals surface area contributed by atoms with E-state index in [0.717, 1.165) is 12.8 Å². The number of aromatic amines is 1. The van der Waals surface area contributed by atoms with E-state index < -0.39 is 16.1 Å². The number of nitrogens with two attached hydrogens (primary N) is 1. The second-order valence-corrected chi connectivity index (χ2v) is 5.91. The van der Waals surface area contributed by atoms with Gasteiger partial charge < -0.3 is 5.73 Å². The maximum atomic E-state index is 11.8. The molecule has 1 heterocycles. The van der Waals surface area contributed by atoms with Crippen LogP contribution in [0.1, 0.15) is 12.8 Å². The monoisotopic (exact) mass is 260 g/mol. The summed E-state index contributed by atoms with van der Waals surface area (Å²) in [6.45, 7) is 0. The van der Waals surface area contributed by atoms with Crippen molar-refractivity contribution in [2.45, 2.75) is 23.9 Å². The lowest BCUT2D eigenvalue weighted by Crippen LogP contribution is -2.45. The Morgan fingerprint density at radius 2 is 2.38 bits per heavy atom. The molecule has 0 spiro atoms. The van der Waals surface area contributed by atoms with E-state index >= 15 is 0 Å². The van der Waals surface area contributed by atoms with Crippen LogP contribution in [-0.4, -0.2) is 29.6 Å². The number of aromatic nitrogens is 2. The first-order chi connectivity index (χ1) is 7.50. The average molecular weight is 260 g/mol. The van der Waals surface area contributed by atoms with Crippen LogP contribution in [0.4, 0.5) is 0 Å². The quantitative estimate of drug-likeness (QED) is 0.634. The van der Waals surface area contributed by atoms with Gasteiger partial charge in [-0.25, -0.2) is 8.42 Å². The van der Waals surface area contributed by atoms with Crippen molar-refractivity contribution in [3.63, 3.8) is 0 Å². The predicted octanol–water partition coefficient (Wildman–Crippen LogP) is -0.247. The third-order valence-corrected chi connectivity index (χ3v) is 4.07. The number of hydrogen-bond acceptors (Lipinski definition) is 4. The molecule has 0 bridgehead atoms. The number of thiocarbonyl (C=S) groups is 1. The second-order valence-electron chi connectivity index (χ2n) is 3.76. The molecule has 0 amide bonds. The molecule has 0 aromatic carbocycles. The molecule has 1 aliphatic carbocycles. The number of nitrogens with zero attached hydrogens (tertiary/aromatic N) is 1. The number of H-pyrrole nitrogens is 1. The van der Waals surface area contributed by atoms with Crippen molar-refractivity contribution in [1.29, 1.82) is 0 Å². The molecule has 0 radical (unpaired) electrons. The fraction of sp³-hybridized carbons (Fsp3) is 0.500. The average Bonchev–Trinajstić information content (AvgIpc) is 2.87. The van der Waals surface area contributed by atoms with Gasteiger partial charge in [0.1, 0.15) is 0 Å². The highest BCUT2D eigenvalue weighted by Crippen LogP contribution is 2.33. The topological polar surface area (TPSA) is 101 Å². The zero-order valence-corrected chi connectivity index (χ0v) is 10.0. The Bertz CT molecular complexity index is 478. The molecule has 1 saturated carbocycles. The number of rotatable bonds is 5. The van der Waals surface area contributed by atoms with Crippen LogP contribution in [0.3, 0.4) is 0 Å². The van der Waals surface area contributed by atoms with Gasteiger partial charge in [0.05, 0.1) is 17.2 Å². The third-order valence-electron chi connectivity index (χ3n) is 2.45. The molecule has 4 N–H and O–H groups in total. The number of hydrogen-bond donors (Lipinski definition) is 3. The zero-order chi connectivity index (χ0) is 11.8. The van der Waals surface area contributed by atoms with Crippen LogP contribution in [0.5, 0.6) is 0 Å². The highest BCUT2D eigenvalue weighted by atomic mass is 32.2. The van der Waals surface area contributed by atoms with E-state index in [2.05, 4.69) is 14.9 Å². The van der Waals surface area contributed by atoms with Crippen molar-refractivity contribution in [3.05, 3.63) is 12.3 Å². The third kappa shape index (κ3) is 2.39. The van der Waals surface area contributed by atoms with Crippen molar-refractivity contribution < 1.29 is 8.42 Å². The van der Waals surface area contributed by atoms with E-state index in [-0.39, 0.29) is 15.9 Å². The van der Waals surface area contributed by atoms with E-state index in [0.29, 0.717) is 0 Å². The number of nitrogens with one attached hydrogen (secondary N) is 2. The first-order valence-electron chi connectivity index (χ1n) is 4.82. The molecule has 16 heavy (non-hydrogen) atoms.